The van der Waals surface area contributed by atoms with Crippen molar-refractivity contribution in [1.82, 2.24) is 5.73 Å². The van der Waals surface area contributed by atoms with Gasteiger partial charge in [0.2, 0.25) is 0 Å². The molecule has 2 nitrogen and oxygen atoms in total. The molecule has 3 N–H and O–H groups in total. The molecule has 12 heavy (non-hydrogen) atoms. The Bertz CT molecular complexity index is 64.2. The fourth-order valence-electron chi connectivity index (χ4n) is 1.33. The fraction of sp³-hybridized carbons (Fsp3) is 1.00. The van der Waals surface area contributed by atoms with Gasteiger partial charge < -0.3 is 5.73 Å². The highest BCUT2D eigenvalue weighted by Crippen LogP contribution is 2.07. The van der Waals surface area contributed by atoms with E-state index < -0.39 is 0 Å². The predicted molar refractivity (Wildman–Crippen MR) is 54.0 cm³/mol. The first-order valence-electron chi connectivity index (χ1n) is 5.26. The Labute approximate surface area is 76.7 Å². The van der Waals surface area contributed by atoms with Crippen molar-refractivity contribution in [2.75, 3.05) is 13.1 Å². The van der Waals surface area contributed by atoms with Gasteiger partial charge in [0.25, 0.3) is 0 Å². The first-order valence-corrected chi connectivity index (χ1v) is 5.26. The SMILES string of the molecule is [NH]CCCCCCCCCCN. The second-order valence-electron chi connectivity index (χ2n) is 3.37. The van der Waals surface area contributed by atoms with Crippen LogP contribution in [0.4, 0.5) is 0 Å². The first-order chi connectivity index (χ1) is 5.91. The molecule has 1 radical (unpaired) electrons. The maximum Gasteiger partial charge on any atom is 0.00997 e. The van der Waals surface area contributed by atoms with E-state index in [1.165, 1.54) is 44.9 Å². The van der Waals surface area contributed by atoms with Crippen molar-refractivity contribution in [3.8, 4) is 0 Å². The van der Waals surface area contributed by atoms with Crippen LogP contribution in [-0.2, 0) is 0 Å². The van der Waals surface area contributed by atoms with E-state index in [0.717, 1.165) is 13.0 Å². The monoisotopic (exact) mass is 171 g/mol. The molecule has 0 bridgehead atoms. The van der Waals surface area contributed by atoms with Crippen LogP contribution >= 0.6 is 0 Å². The number of hydrogen-bond donors (Lipinski definition) is 1. The lowest BCUT2D eigenvalue weighted by molar-refractivity contribution is 0.571. The van der Waals surface area contributed by atoms with Crippen molar-refractivity contribution in [2.24, 2.45) is 5.73 Å². The molecular weight excluding hydrogens is 148 g/mol. The van der Waals surface area contributed by atoms with E-state index in [0.29, 0.717) is 6.54 Å². The van der Waals surface area contributed by atoms with Crippen LogP contribution in [0.2, 0.25) is 0 Å². The maximum absolute atomic E-state index is 6.96. The van der Waals surface area contributed by atoms with Crippen LogP contribution in [0, 0.1) is 0 Å². The summed E-state index contributed by atoms with van der Waals surface area (Å²) in [6.07, 6.45) is 10.2. The Balaban J connectivity index is 2.73. The molecule has 0 rings (SSSR count). The Hall–Kier alpha value is -0.0800. The lowest BCUT2D eigenvalue weighted by atomic mass is 10.1. The van der Waals surface area contributed by atoms with Crippen molar-refractivity contribution in [2.45, 2.75) is 51.4 Å². The third-order valence-corrected chi connectivity index (χ3v) is 2.13. The molecule has 0 aliphatic rings. The van der Waals surface area contributed by atoms with Crippen molar-refractivity contribution in [3.05, 3.63) is 0 Å². The maximum atomic E-state index is 6.96. The number of hydrogen-bond acceptors (Lipinski definition) is 1. The lowest BCUT2D eigenvalue weighted by Gasteiger charge is -1.99. The van der Waals surface area contributed by atoms with Gasteiger partial charge in [0.05, 0.1) is 0 Å². The molecule has 0 saturated heterocycles. The third kappa shape index (κ3) is 9.92. The van der Waals surface area contributed by atoms with E-state index >= 15 is 0 Å². The average molecular weight is 171 g/mol. The van der Waals surface area contributed by atoms with Crippen molar-refractivity contribution in [1.29, 1.82) is 0 Å². The van der Waals surface area contributed by atoms with E-state index in [2.05, 4.69) is 0 Å². The summed E-state index contributed by atoms with van der Waals surface area (Å²) in [6, 6.07) is 0. The summed E-state index contributed by atoms with van der Waals surface area (Å²) in [5, 5.41) is 0. The zero-order chi connectivity index (χ0) is 9.07. The molecule has 0 spiro atoms. The molecule has 0 aromatic rings. The highest BCUT2D eigenvalue weighted by atomic mass is 14.5. The number of nitrogens with two attached hydrogens (primary N) is 1. The topological polar surface area (TPSA) is 49.8 Å². The average Bonchev–Trinajstić information content (AvgIpc) is 2.10. The second kappa shape index (κ2) is 10.9. The summed E-state index contributed by atoms with van der Waals surface area (Å²) in [4.78, 5) is 0. The van der Waals surface area contributed by atoms with Crippen LogP contribution in [0.3, 0.4) is 0 Å². The number of nitrogens with one attached hydrogen (secondary N) is 1. The Morgan fingerprint density at radius 2 is 1.08 bits per heavy atom. The predicted octanol–water partition coefficient (Wildman–Crippen LogP) is 2.35. The summed E-state index contributed by atoms with van der Waals surface area (Å²) in [7, 11) is 0. The Morgan fingerprint density at radius 3 is 1.50 bits per heavy atom. The van der Waals surface area contributed by atoms with Crippen molar-refractivity contribution >= 4 is 0 Å². The van der Waals surface area contributed by atoms with Crippen LogP contribution < -0.4 is 11.5 Å². The molecule has 2 heteroatoms. The van der Waals surface area contributed by atoms with Gasteiger partial charge in [-0.3, -0.25) is 5.73 Å². The molecule has 0 fully saturated rings. The highest BCUT2D eigenvalue weighted by molar-refractivity contribution is 4.47. The summed E-state index contributed by atoms with van der Waals surface area (Å²) in [5.74, 6) is 0. The molecule has 73 valence electrons. The normalized spacial score (nSPS) is 10.5. The molecule has 0 aromatic heterocycles. The van der Waals surface area contributed by atoms with Crippen molar-refractivity contribution in [3.63, 3.8) is 0 Å². The van der Waals surface area contributed by atoms with E-state index in [1.54, 1.807) is 0 Å². The summed E-state index contributed by atoms with van der Waals surface area (Å²) < 4.78 is 0. The smallest absolute Gasteiger partial charge is 0.00997 e. The van der Waals surface area contributed by atoms with Crippen molar-refractivity contribution < 1.29 is 0 Å². The Morgan fingerprint density at radius 1 is 0.667 bits per heavy atom. The van der Waals surface area contributed by atoms with Gasteiger partial charge in [0.15, 0.2) is 0 Å². The second-order valence-corrected chi connectivity index (χ2v) is 3.37. The quantitative estimate of drug-likeness (QED) is 0.532. The van der Waals surface area contributed by atoms with Crippen LogP contribution in [0.25, 0.3) is 0 Å². The number of rotatable bonds is 9. The van der Waals surface area contributed by atoms with Gasteiger partial charge in [-0.1, -0.05) is 38.5 Å². The molecule has 0 atom stereocenters. The molecule has 0 unspecified atom stereocenters. The molecule has 0 aromatic carbocycles. The summed E-state index contributed by atoms with van der Waals surface area (Å²) in [5.41, 5.74) is 12.3. The van der Waals surface area contributed by atoms with Gasteiger partial charge in [0.1, 0.15) is 0 Å². The summed E-state index contributed by atoms with van der Waals surface area (Å²) in [6.45, 7) is 1.45. The minimum atomic E-state index is 0.604. The number of unbranched alkanes of at least 4 members (excludes halogenated alkanes) is 7. The minimum Gasteiger partial charge on any atom is -0.330 e. The Kier molecular flexibility index (Phi) is 10.8. The molecule has 0 amide bonds. The zero-order valence-corrected chi connectivity index (χ0v) is 8.15. The highest BCUT2D eigenvalue weighted by Gasteiger charge is 1.90. The van der Waals surface area contributed by atoms with Gasteiger partial charge in [-0.25, -0.2) is 0 Å². The molecule has 0 aliphatic carbocycles. The fourth-order valence-corrected chi connectivity index (χ4v) is 1.33. The van der Waals surface area contributed by atoms with E-state index in [4.69, 9.17) is 11.5 Å². The van der Waals surface area contributed by atoms with Crippen LogP contribution in [0.15, 0.2) is 0 Å². The van der Waals surface area contributed by atoms with Gasteiger partial charge in [-0.05, 0) is 19.4 Å². The lowest BCUT2D eigenvalue weighted by Crippen LogP contribution is -1.97. The van der Waals surface area contributed by atoms with Crippen LogP contribution in [0.5, 0.6) is 0 Å². The third-order valence-electron chi connectivity index (χ3n) is 2.13. The van der Waals surface area contributed by atoms with Gasteiger partial charge in [0, 0.05) is 6.54 Å². The molecule has 0 heterocycles. The van der Waals surface area contributed by atoms with Gasteiger partial charge >= 0.3 is 0 Å². The largest absolute Gasteiger partial charge is 0.330 e. The molecule has 0 saturated carbocycles. The van der Waals surface area contributed by atoms with Gasteiger partial charge in [-0.2, -0.15) is 0 Å². The molecular formula is C10H23N2. The van der Waals surface area contributed by atoms with Crippen LogP contribution in [-0.4, -0.2) is 13.1 Å². The van der Waals surface area contributed by atoms with E-state index in [9.17, 15) is 0 Å². The van der Waals surface area contributed by atoms with E-state index in [1.807, 2.05) is 0 Å². The molecule has 0 aliphatic heterocycles. The van der Waals surface area contributed by atoms with E-state index in [-0.39, 0.29) is 0 Å². The standard InChI is InChI=1S/C10H23N2/c11-9-7-5-3-1-2-4-6-8-10-12/h11H,1-10,12H2. The van der Waals surface area contributed by atoms with Gasteiger partial charge in [-0.15, -0.1) is 0 Å². The van der Waals surface area contributed by atoms with Crippen LogP contribution in [0.1, 0.15) is 51.4 Å². The summed E-state index contributed by atoms with van der Waals surface area (Å²) >= 11 is 0. The minimum absolute atomic E-state index is 0.604. The first kappa shape index (κ1) is 11.9. The zero-order valence-electron chi connectivity index (χ0n) is 8.15.